The maximum atomic E-state index is 13.0. The Kier molecular flexibility index (Phi) is 5.22. The van der Waals surface area contributed by atoms with Crippen molar-refractivity contribution in [3.63, 3.8) is 0 Å². The van der Waals surface area contributed by atoms with E-state index in [4.69, 9.17) is 0 Å². The molecule has 0 atom stereocenters. The van der Waals surface area contributed by atoms with E-state index in [0.717, 1.165) is 20.9 Å². The zero-order valence-electron chi connectivity index (χ0n) is 15.1. The van der Waals surface area contributed by atoms with Gasteiger partial charge in [0, 0.05) is 39.1 Å². The summed E-state index contributed by atoms with van der Waals surface area (Å²) in [5.41, 5.74) is 3.14. The third-order valence-electron chi connectivity index (χ3n) is 4.73. The van der Waals surface area contributed by atoms with Crippen molar-refractivity contribution in [2.45, 2.75) is 13.0 Å². The van der Waals surface area contributed by atoms with Crippen LogP contribution in [0.1, 0.15) is 21.5 Å². The Bertz CT molecular complexity index is 1140. The lowest BCUT2D eigenvalue weighted by Crippen LogP contribution is -2.12. The highest BCUT2D eigenvalue weighted by Crippen LogP contribution is 2.24. The zero-order valence-corrected chi connectivity index (χ0v) is 16.7. The first-order valence-electron chi connectivity index (χ1n) is 9.05. The van der Waals surface area contributed by atoms with Crippen molar-refractivity contribution in [2.75, 3.05) is 0 Å². The quantitative estimate of drug-likeness (QED) is 0.381. The number of hydrogen-bond donors (Lipinski definition) is 0. The lowest BCUT2D eigenvalue weighted by molar-refractivity contribution is -0.118. The van der Waals surface area contributed by atoms with Crippen LogP contribution < -0.4 is 0 Å². The van der Waals surface area contributed by atoms with Gasteiger partial charge in [0.1, 0.15) is 0 Å². The molecular formula is C24H18BrNO2. The number of halogens is 1. The molecule has 4 rings (SSSR count). The van der Waals surface area contributed by atoms with Gasteiger partial charge in [0.05, 0.1) is 6.54 Å². The van der Waals surface area contributed by atoms with E-state index in [1.807, 2.05) is 83.4 Å². The maximum absolute atomic E-state index is 13.0. The number of carbonyl (C=O) groups is 2. The predicted octanol–water partition coefficient (Wildman–Crippen LogP) is 5.45. The average molecular weight is 432 g/mol. The van der Waals surface area contributed by atoms with Crippen LogP contribution in [0.15, 0.2) is 89.5 Å². The van der Waals surface area contributed by atoms with Crippen LogP contribution >= 0.6 is 15.9 Å². The number of para-hydroxylation sites is 1. The van der Waals surface area contributed by atoms with Gasteiger partial charge in [-0.2, -0.15) is 0 Å². The van der Waals surface area contributed by atoms with E-state index in [0.29, 0.717) is 17.5 Å². The maximum Gasteiger partial charge on any atom is 0.195 e. The molecule has 1 aromatic heterocycles. The first-order chi connectivity index (χ1) is 13.6. The summed E-state index contributed by atoms with van der Waals surface area (Å²) in [7, 11) is 0. The van der Waals surface area contributed by atoms with Gasteiger partial charge < -0.3 is 4.57 Å². The van der Waals surface area contributed by atoms with Crippen LogP contribution in [-0.4, -0.2) is 16.1 Å². The molecule has 0 aliphatic carbocycles. The number of Topliss-reactive ketones (excluding diaryl/α,β-unsaturated/α-hetero) is 1. The van der Waals surface area contributed by atoms with E-state index < -0.39 is 0 Å². The molecule has 3 nitrogen and oxygen atoms in total. The molecule has 0 N–H and O–H groups in total. The summed E-state index contributed by atoms with van der Waals surface area (Å²) < 4.78 is 2.87. The van der Waals surface area contributed by atoms with Crippen molar-refractivity contribution in [1.82, 2.24) is 4.57 Å². The van der Waals surface area contributed by atoms with Gasteiger partial charge in [-0.3, -0.25) is 9.59 Å². The van der Waals surface area contributed by atoms with Crippen molar-refractivity contribution < 1.29 is 9.59 Å². The molecule has 1 heterocycles. The molecule has 0 bridgehead atoms. The number of aromatic nitrogens is 1. The van der Waals surface area contributed by atoms with Gasteiger partial charge in [-0.05, 0) is 23.8 Å². The van der Waals surface area contributed by atoms with E-state index in [9.17, 15) is 9.59 Å². The number of fused-ring (bicyclic) bond motifs is 1. The second kappa shape index (κ2) is 7.95. The molecule has 0 saturated carbocycles. The van der Waals surface area contributed by atoms with Gasteiger partial charge in [0.2, 0.25) is 0 Å². The Morgan fingerprint density at radius 3 is 2.25 bits per heavy atom. The summed E-state index contributed by atoms with van der Waals surface area (Å²) in [5.74, 6) is 0.0673. The second-order valence-corrected chi connectivity index (χ2v) is 7.64. The van der Waals surface area contributed by atoms with Gasteiger partial charge in [-0.15, -0.1) is 0 Å². The number of hydrogen-bond acceptors (Lipinski definition) is 2. The van der Waals surface area contributed by atoms with Crippen LogP contribution in [0, 0.1) is 0 Å². The van der Waals surface area contributed by atoms with E-state index in [-0.39, 0.29) is 18.1 Å². The topological polar surface area (TPSA) is 39.1 Å². The molecule has 0 amide bonds. The summed E-state index contributed by atoms with van der Waals surface area (Å²) in [6, 6.07) is 24.7. The molecule has 4 heteroatoms. The molecule has 3 aromatic carbocycles. The van der Waals surface area contributed by atoms with Crippen LogP contribution in [0.4, 0.5) is 0 Å². The fraction of sp³-hybridized carbons (Fsp3) is 0.0833. The van der Waals surface area contributed by atoms with Crippen LogP contribution in [0.2, 0.25) is 0 Å². The van der Waals surface area contributed by atoms with Crippen molar-refractivity contribution in [1.29, 1.82) is 0 Å². The highest BCUT2D eigenvalue weighted by molar-refractivity contribution is 9.10. The normalized spacial score (nSPS) is 10.9. The minimum absolute atomic E-state index is 0.0316. The van der Waals surface area contributed by atoms with Crippen LogP contribution in [0.3, 0.4) is 0 Å². The Morgan fingerprint density at radius 1 is 0.821 bits per heavy atom. The first-order valence-corrected chi connectivity index (χ1v) is 9.85. The summed E-state index contributed by atoms with van der Waals surface area (Å²) >= 11 is 3.41. The Morgan fingerprint density at radius 2 is 1.50 bits per heavy atom. The van der Waals surface area contributed by atoms with Crippen molar-refractivity contribution in [3.8, 4) is 0 Å². The second-order valence-electron chi connectivity index (χ2n) is 6.72. The molecule has 28 heavy (non-hydrogen) atoms. The smallest absolute Gasteiger partial charge is 0.195 e. The summed E-state index contributed by atoms with van der Waals surface area (Å²) in [6.07, 6.45) is 2.17. The lowest BCUT2D eigenvalue weighted by Gasteiger charge is -2.05. The highest BCUT2D eigenvalue weighted by Gasteiger charge is 2.17. The zero-order chi connectivity index (χ0) is 19.5. The van der Waals surface area contributed by atoms with Crippen LogP contribution in [-0.2, 0) is 17.8 Å². The largest absolute Gasteiger partial charge is 0.339 e. The molecule has 4 aromatic rings. The van der Waals surface area contributed by atoms with Gasteiger partial charge in [-0.1, -0.05) is 76.6 Å². The molecule has 0 fully saturated rings. The molecule has 0 aliphatic heterocycles. The highest BCUT2D eigenvalue weighted by atomic mass is 79.9. The van der Waals surface area contributed by atoms with E-state index in [1.54, 1.807) is 6.20 Å². The Balaban J connectivity index is 1.63. The monoisotopic (exact) mass is 431 g/mol. The Hall–Kier alpha value is -2.98. The van der Waals surface area contributed by atoms with E-state index in [2.05, 4.69) is 15.9 Å². The molecule has 0 saturated heterocycles. The number of benzene rings is 3. The fourth-order valence-corrected chi connectivity index (χ4v) is 3.64. The fourth-order valence-electron chi connectivity index (χ4n) is 3.38. The van der Waals surface area contributed by atoms with Crippen molar-refractivity contribution >= 4 is 38.4 Å². The van der Waals surface area contributed by atoms with Crippen LogP contribution in [0.25, 0.3) is 10.9 Å². The van der Waals surface area contributed by atoms with Gasteiger partial charge in [0.15, 0.2) is 11.6 Å². The molecule has 0 unspecified atom stereocenters. The third kappa shape index (κ3) is 3.82. The molecule has 138 valence electrons. The van der Waals surface area contributed by atoms with Gasteiger partial charge in [0.25, 0.3) is 0 Å². The number of carbonyl (C=O) groups excluding carboxylic acids is 2. The summed E-state index contributed by atoms with van der Waals surface area (Å²) in [5, 5.41) is 0.868. The molecule has 0 spiro atoms. The average Bonchev–Trinajstić information content (AvgIpc) is 3.08. The molecule has 0 aliphatic rings. The Labute approximate surface area is 171 Å². The van der Waals surface area contributed by atoms with Crippen molar-refractivity contribution in [3.05, 3.63) is 106 Å². The third-order valence-corrected chi connectivity index (χ3v) is 5.26. The van der Waals surface area contributed by atoms with E-state index >= 15 is 0 Å². The van der Waals surface area contributed by atoms with Gasteiger partial charge >= 0.3 is 0 Å². The number of rotatable bonds is 6. The summed E-state index contributed by atoms with van der Waals surface area (Å²) in [4.78, 5) is 25.6. The van der Waals surface area contributed by atoms with E-state index in [1.165, 1.54) is 0 Å². The molecule has 0 radical (unpaired) electrons. The minimum atomic E-state index is -0.0316. The first kappa shape index (κ1) is 18.4. The van der Waals surface area contributed by atoms with Crippen molar-refractivity contribution in [2.24, 2.45) is 0 Å². The van der Waals surface area contributed by atoms with Gasteiger partial charge in [-0.25, -0.2) is 0 Å². The molecular weight excluding hydrogens is 414 g/mol. The lowest BCUT2D eigenvalue weighted by atomic mass is 10.0. The number of nitrogens with zero attached hydrogens (tertiary/aromatic N) is 1. The SMILES string of the molecule is O=C(Cc1ccc(Br)cc1)Cn1cc(C(=O)c2ccccc2)c2ccccc21. The number of ketones is 2. The van der Waals surface area contributed by atoms with Crippen LogP contribution in [0.5, 0.6) is 0 Å². The predicted molar refractivity (Wildman–Crippen MR) is 115 cm³/mol. The summed E-state index contributed by atoms with van der Waals surface area (Å²) in [6.45, 7) is 0.235. The standard InChI is InChI=1S/C24H18BrNO2/c25-19-12-10-17(11-13-19)14-20(27)15-26-16-22(21-8-4-5-9-23(21)26)24(28)18-6-2-1-3-7-18/h1-13,16H,14-15H2. The minimum Gasteiger partial charge on any atom is -0.339 e.